The summed E-state index contributed by atoms with van der Waals surface area (Å²) in [6.07, 6.45) is 5.19. The molecule has 0 heterocycles. The summed E-state index contributed by atoms with van der Waals surface area (Å²) < 4.78 is 0. The molecule has 4 rings (SSSR count). The second-order valence-corrected chi connectivity index (χ2v) is 5.72. The third-order valence-corrected chi connectivity index (χ3v) is 4.68. The fourth-order valence-corrected chi connectivity index (χ4v) is 3.74. The van der Waals surface area contributed by atoms with Crippen molar-refractivity contribution in [1.29, 1.82) is 0 Å². The topological polar surface area (TPSA) is 20.2 Å². The van der Waals surface area contributed by atoms with Crippen LogP contribution in [0.25, 0.3) is 11.1 Å². The van der Waals surface area contributed by atoms with Crippen molar-refractivity contribution in [1.82, 2.24) is 0 Å². The Bertz CT molecular complexity index is 642. The van der Waals surface area contributed by atoms with Gasteiger partial charge in [-0.05, 0) is 65.5 Å². The molecule has 0 aromatic heterocycles. The Balaban J connectivity index is 1.95. The minimum Gasteiger partial charge on any atom is -0.388 e. The molecule has 0 fully saturated rings. The number of hydrogen-bond acceptors (Lipinski definition) is 1. The normalized spacial score (nSPS) is 20.4. The molecule has 96 valence electrons. The summed E-state index contributed by atoms with van der Waals surface area (Å²) in [5.74, 6) is 0. The van der Waals surface area contributed by atoms with Crippen LogP contribution in [0.4, 0.5) is 0 Å². The van der Waals surface area contributed by atoms with E-state index < -0.39 is 0 Å². The Kier molecular flexibility index (Phi) is 2.49. The zero-order valence-corrected chi connectivity index (χ0v) is 11.0. The highest BCUT2D eigenvalue weighted by atomic mass is 16.3. The predicted molar refractivity (Wildman–Crippen MR) is 77.2 cm³/mol. The van der Waals surface area contributed by atoms with Gasteiger partial charge in [0.05, 0.1) is 6.10 Å². The van der Waals surface area contributed by atoms with Gasteiger partial charge >= 0.3 is 0 Å². The number of fused-ring (bicyclic) bond motifs is 5. The summed E-state index contributed by atoms with van der Waals surface area (Å²) >= 11 is 0. The molecule has 1 unspecified atom stereocenters. The summed E-state index contributed by atoms with van der Waals surface area (Å²) in [6, 6.07) is 13.1. The molecule has 0 saturated heterocycles. The molecule has 0 spiro atoms. The van der Waals surface area contributed by atoms with Crippen molar-refractivity contribution in [3.63, 3.8) is 0 Å². The highest BCUT2D eigenvalue weighted by Gasteiger charge is 2.25. The van der Waals surface area contributed by atoms with Crippen LogP contribution in [0.1, 0.15) is 41.2 Å². The monoisotopic (exact) mass is 250 g/mol. The molecule has 0 amide bonds. The number of aryl methyl sites for hydroxylation is 1. The fraction of sp³-hybridized carbons (Fsp3) is 0.333. The summed E-state index contributed by atoms with van der Waals surface area (Å²) in [6.45, 7) is 0. The lowest BCUT2D eigenvalue weighted by atomic mass is 9.77. The summed E-state index contributed by atoms with van der Waals surface area (Å²) in [5.41, 5.74) is 8.37. The van der Waals surface area contributed by atoms with Gasteiger partial charge in [0.15, 0.2) is 0 Å². The lowest BCUT2D eigenvalue weighted by Crippen LogP contribution is -2.15. The SMILES string of the molecule is OC1CCCc2c1ccc1c2CCc2ccccc2-1. The van der Waals surface area contributed by atoms with Crippen LogP contribution < -0.4 is 0 Å². The Morgan fingerprint density at radius 3 is 2.68 bits per heavy atom. The van der Waals surface area contributed by atoms with Gasteiger partial charge in [-0.1, -0.05) is 36.4 Å². The minimum absolute atomic E-state index is 0.244. The van der Waals surface area contributed by atoms with Crippen molar-refractivity contribution in [2.24, 2.45) is 0 Å². The van der Waals surface area contributed by atoms with E-state index in [2.05, 4.69) is 36.4 Å². The zero-order chi connectivity index (χ0) is 12.8. The molecule has 2 aromatic rings. The van der Waals surface area contributed by atoms with Crippen molar-refractivity contribution in [3.8, 4) is 11.1 Å². The van der Waals surface area contributed by atoms with Crippen molar-refractivity contribution < 1.29 is 5.11 Å². The average molecular weight is 250 g/mol. The van der Waals surface area contributed by atoms with Gasteiger partial charge < -0.3 is 5.11 Å². The van der Waals surface area contributed by atoms with Crippen LogP contribution in [0, 0.1) is 0 Å². The zero-order valence-electron chi connectivity index (χ0n) is 11.0. The molecule has 1 N–H and O–H groups in total. The van der Waals surface area contributed by atoms with Gasteiger partial charge in [-0.3, -0.25) is 0 Å². The first-order valence-corrected chi connectivity index (χ1v) is 7.25. The van der Waals surface area contributed by atoms with Crippen LogP contribution in [-0.4, -0.2) is 5.11 Å². The van der Waals surface area contributed by atoms with E-state index in [1.165, 1.54) is 33.4 Å². The maximum atomic E-state index is 10.2. The Labute approximate surface area is 113 Å². The third kappa shape index (κ3) is 1.65. The molecule has 0 saturated carbocycles. The highest BCUT2D eigenvalue weighted by molar-refractivity contribution is 5.75. The van der Waals surface area contributed by atoms with E-state index in [4.69, 9.17) is 0 Å². The van der Waals surface area contributed by atoms with Crippen LogP contribution in [0.15, 0.2) is 36.4 Å². The molecule has 1 atom stereocenters. The first kappa shape index (κ1) is 11.2. The van der Waals surface area contributed by atoms with Gasteiger partial charge in [0.25, 0.3) is 0 Å². The van der Waals surface area contributed by atoms with Gasteiger partial charge in [-0.2, -0.15) is 0 Å². The second-order valence-electron chi connectivity index (χ2n) is 5.72. The van der Waals surface area contributed by atoms with E-state index in [1.54, 1.807) is 0 Å². The summed E-state index contributed by atoms with van der Waals surface area (Å²) in [5, 5.41) is 10.2. The third-order valence-electron chi connectivity index (χ3n) is 4.68. The standard InChI is InChI=1S/C18H18O/c19-18-7-3-6-14-16-9-8-12-4-1-2-5-13(12)15(16)10-11-17(14)18/h1-2,4-5,10-11,18-19H,3,6-9H2. The van der Waals surface area contributed by atoms with Gasteiger partial charge in [-0.15, -0.1) is 0 Å². The van der Waals surface area contributed by atoms with Crippen LogP contribution >= 0.6 is 0 Å². The molecular weight excluding hydrogens is 232 g/mol. The van der Waals surface area contributed by atoms with Gasteiger partial charge in [-0.25, -0.2) is 0 Å². The van der Waals surface area contributed by atoms with E-state index in [-0.39, 0.29) is 6.10 Å². The van der Waals surface area contributed by atoms with Gasteiger partial charge in [0.1, 0.15) is 0 Å². The quantitative estimate of drug-likeness (QED) is 0.753. The number of hydrogen-bond donors (Lipinski definition) is 1. The van der Waals surface area contributed by atoms with Crippen molar-refractivity contribution in [2.75, 3.05) is 0 Å². The molecule has 19 heavy (non-hydrogen) atoms. The maximum absolute atomic E-state index is 10.2. The van der Waals surface area contributed by atoms with Crippen molar-refractivity contribution >= 4 is 0 Å². The fourth-order valence-electron chi connectivity index (χ4n) is 3.74. The molecule has 0 bridgehead atoms. The Hall–Kier alpha value is -1.60. The average Bonchev–Trinajstić information content (AvgIpc) is 2.47. The maximum Gasteiger partial charge on any atom is 0.0792 e. The highest BCUT2D eigenvalue weighted by Crippen LogP contribution is 2.40. The number of aliphatic hydroxyl groups is 1. The van der Waals surface area contributed by atoms with E-state index >= 15 is 0 Å². The van der Waals surface area contributed by atoms with Crippen LogP contribution in [0.5, 0.6) is 0 Å². The van der Waals surface area contributed by atoms with E-state index in [1.807, 2.05) is 0 Å². The molecule has 1 heteroatoms. The smallest absolute Gasteiger partial charge is 0.0792 e. The van der Waals surface area contributed by atoms with E-state index in [9.17, 15) is 5.11 Å². The van der Waals surface area contributed by atoms with Gasteiger partial charge in [0, 0.05) is 0 Å². The number of benzene rings is 2. The Morgan fingerprint density at radius 1 is 0.842 bits per heavy atom. The molecule has 0 aliphatic heterocycles. The largest absolute Gasteiger partial charge is 0.388 e. The Morgan fingerprint density at radius 2 is 1.74 bits per heavy atom. The lowest BCUT2D eigenvalue weighted by Gasteiger charge is -2.29. The van der Waals surface area contributed by atoms with Gasteiger partial charge in [0.2, 0.25) is 0 Å². The number of aliphatic hydroxyl groups excluding tert-OH is 1. The summed E-state index contributed by atoms with van der Waals surface area (Å²) in [4.78, 5) is 0. The molecule has 2 aromatic carbocycles. The predicted octanol–water partition coefficient (Wildman–Crippen LogP) is 3.82. The first-order chi connectivity index (χ1) is 9.34. The van der Waals surface area contributed by atoms with Crippen LogP contribution in [0.3, 0.4) is 0 Å². The summed E-state index contributed by atoms with van der Waals surface area (Å²) in [7, 11) is 0. The first-order valence-electron chi connectivity index (χ1n) is 7.25. The molecule has 0 radical (unpaired) electrons. The minimum atomic E-state index is -0.244. The van der Waals surface area contributed by atoms with E-state index in [0.29, 0.717) is 0 Å². The van der Waals surface area contributed by atoms with Crippen LogP contribution in [-0.2, 0) is 19.3 Å². The molecule has 2 aliphatic rings. The van der Waals surface area contributed by atoms with Crippen LogP contribution in [0.2, 0.25) is 0 Å². The second kappa shape index (κ2) is 4.21. The number of rotatable bonds is 0. The lowest BCUT2D eigenvalue weighted by molar-refractivity contribution is 0.156. The van der Waals surface area contributed by atoms with Crippen molar-refractivity contribution in [3.05, 3.63) is 58.7 Å². The molecule has 2 aliphatic carbocycles. The molecule has 1 nitrogen and oxygen atoms in total. The van der Waals surface area contributed by atoms with Crippen molar-refractivity contribution in [2.45, 2.75) is 38.2 Å². The molecular formula is C18H18O. The van der Waals surface area contributed by atoms with E-state index in [0.717, 1.165) is 32.1 Å².